The Morgan fingerprint density at radius 2 is 1.66 bits per heavy atom. The van der Waals surface area contributed by atoms with Crippen LogP contribution < -0.4 is 4.31 Å². The Bertz CT molecular complexity index is 991. The van der Waals surface area contributed by atoms with Gasteiger partial charge in [0.25, 0.3) is 10.0 Å². The third kappa shape index (κ3) is 5.01. The summed E-state index contributed by atoms with van der Waals surface area (Å²) >= 11 is 11.9. The third-order valence-electron chi connectivity index (χ3n) is 4.59. The van der Waals surface area contributed by atoms with Gasteiger partial charge >= 0.3 is 0 Å². The van der Waals surface area contributed by atoms with Gasteiger partial charge in [0.05, 0.1) is 10.6 Å². The van der Waals surface area contributed by atoms with Crippen molar-refractivity contribution in [3.63, 3.8) is 0 Å². The van der Waals surface area contributed by atoms with Gasteiger partial charge in [-0.25, -0.2) is 8.42 Å². The number of hydrogen-bond donors (Lipinski definition) is 0. The number of carbonyl (C=O) groups excluding carboxylic acids is 2. The molecule has 0 saturated carbocycles. The molecule has 0 bridgehead atoms. The predicted molar refractivity (Wildman–Crippen MR) is 112 cm³/mol. The van der Waals surface area contributed by atoms with Crippen LogP contribution in [0.15, 0.2) is 53.4 Å². The van der Waals surface area contributed by atoms with Crippen molar-refractivity contribution in [2.24, 2.45) is 0 Å². The summed E-state index contributed by atoms with van der Waals surface area (Å²) in [6.07, 6.45) is 0.741. The van der Waals surface area contributed by atoms with Gasteiger partial charge in [-0.2, -0.15) is 0 Å². The van der Waals surface area contributed by atoms with E-state index in [9.17, 15) is 18.0 Å². The van der Waals surface area contributed by atoms with Gasteiger partial charge < -0.3 is 9.80 Å². The number of benzene rings is 2. The zero-order valence-electron chi connectivity index (χ0n) is 15.4. The lowest BCUT2D eigenvalue weighted by molar-refractivity contribution is -0.133. The molecule has 1 heterocycles. The van der Waals surface area contributed by atoms with Crippen LogP contribution in [-0.4, -0.2) is 63.3 Å². The first-order valence-corrected chi connectivity index (χ1v) is 11.0. The molecule has 0 atom stereocenters. The summed E-state index contributed by atoms with van der Waals surface area (Å²) in [5, 5.41) is 0.758. The van der Waals surface area contributed by atoms with Crippen molar-refractivity contribution in [2.75, 3.05) is 37.0 Å². The monoisotopic (exact) mass is 455 g/mol. The first-order chi connectivity index (χ1) is 13.8. The standard InChI is InChI=1S/C19H19Cl2N3O4S/c20-15-4-6-18(7-5-15)29(27,28)24(17-3-1-2-16(21)12-17)13-19(26)23-10-8-22(14-25)9-11-23/h1-7,12,14H,8-11,13H2. The summed E-state index contributed by atoms with van der Waals surface area (Å²) in [4.78, 5) is 26.8. The van der Waals surface area contributed by atoms with Crippen molar-refractivity contribution in [3.05, 3.63) is 58.6 Å². The van der Waals surface area contributed by atoms with Crippen molar-refractivity contribution in [3.8, 4) is 0 Å². The molecule has 1 aliphatic heterocycles. The summed E-state index contributed by atoms with van der Waals surface area (Å²) in [5.74, 6) is -0.354. The maximum Gasteiger partial charge on any atom is 0.264 e. The average molecular weight is 456 g/mol. The van der Waals surface area contributed by atoms with E-state index in [1.165, 1.54) is 30.3 Å². The third-order valence-corrected chi connectivity index (χ3v) is 6.87. The summed E-state index contributed by atoms with van der Waals surface area (Å²) in [6.45, 7) is 1.14. The Hall–Kier alpha value is -2.29. The number of piperazine rings is 1. The molecule has 7 nitrogen and oxygen atoms in total. The fourth-order valence-electron chi connectivity index (χ4n) is 2.98. The molecule has 0 aromatic heterocycles. The normalized spacial score (nSPS) is 14.6. The molecule has 0 radical (unpaired) electrons. The zero-order chi connectivity index (χ0) is 21.0. The Balaban J connectivity index is 1.90. The average Bonchev–Trinajstić information content (AvgIpc) is 2.72. The number of nitrogens with zero attached hydrogens (tertiary/aromatic N) is 3. The van der Waals surface area contributed by atoms with Gasteiger partial charge in [-0.05, 0) is 42.5 Å². The topological polar surface area (TPSA) is 78.0 Å². The summed E-state index contributed by atoms with van der Waals surface area (Å²) in [7, 11) is -4.03. The number of rotatable bonds is 6. The number of carbonyl (C=O) groups is 2. The second-order valence-electron chi connectivity index (χ2n) is 6.47. The van der Waals surface area contributed by atoms with Crippen molar-refractivity contribution < 1.29 is 18.0 Å². The molecule has 1 aliphatic rings. The fraction of sp³-hybridized carbons (Fsp3) is 0.263. The van der Waals surface area contributed by atoms with Crippen molar-refractivity contribution >= 4 is 51.2 Å². The number of sulfonamides is 1. The molecule has 154 valence electrons. The van der Waals surface area contributed by atoms with E-state index in [0.717, 1.165) is 10.7 Å². The van der Waals surface area contributed by atoms with E-state index < -0.39 is 10.0 Å². The molecule has 10 heteroatoms. The number of amides is 2. The molecular weight excluding hydrogens is 437 g/mol. The molecule has 1 fully saturated rings. The maximum absolute atomic E-state index is 13.3. The second-order valence-corrected chi connectivity index (χ2v) is 9.20. The van der Waals surface area contributed by atoms with Crippen LogP contribution >= 0.6 is 23.2 Å². The Labute approximate surface area is 179 Å². The van der Waals surface area contributed by atoms with Gasteiger partial charge in [-0.1, -0.05) is 29.3 Å². The van der Waals surface area contributed by atoms with Gasteiger partial charge in [0.1, 0.15) is 6.54 Å². The highest BCUT2D eigenvalue weighted by Crippen LogP contribution is 2.27. The van der Waals surface area contributed by atoms with E-state index in [0.29, 0.717) is 36.2 Å². The summed E-state index contributed by atoms with van der Waals surface area (Å²) in [5.41, 5.74) is 0.285. The van der Waals surface area contributed by atoms with E-state index in [-0.39, 0.29) is 23.0 Å². The summed E-state index contributed by atoms with van der Waals surface area (Å²) in [6, 6.07) is 12.1. The SMILES string of the molecule is O=CN1CCN(C(=O)CN(c2cccc(Cl)c2)S(=O)(=O)c2ccc(Cl)cc2)CC1. The molecule has 2 amide bonds. The molecule has 0 N–H and O–H groups in total. The molecule has 0 unspecified atom stereocenters. The van der Waals surface area contributed by atoms with E-state index in [4.69, 9.17) is 23.2 Å². The van der Waals surface area contributed by atoms with E-state index in [1.807, 2.05) is 0 Å². The Morgan fingerprint density at radius 3 is 2.24 bits per heavy atom. The van der Waals surface area contributed by atoms with Gasteiger partial charge in [0, 0.05) is 36.2 Å². The van der Waals surface area contributed by atoms with Crippen LogP contribution in [0.1, 0.15) is 0 Å². The molecule has 3 rings (SSSR count). The largest absolute Gasteiger partial charge is 0.342 e. The zero-order valence-corrected chi connectivity index (χ0v) is 17.7. The fourth-order valence-corrected chi connectivity index (χ4v) is 4.70. The molecule has 29 heavy (non-hydrogen) atoms. The number of hydrogen-bond acceptors (Lipinski definition) is 4. The summed E-state index contributed by atoms with van der Waals surface area (Å²) < 4.78 is 27.6. The van der Waals surface area contributed by atoms with Crippen molar-refractivity contribution in [1.29, 1.82) is 0 Å². The van der Waals surface area contributed by atoms with Crippen LogP contribution in [0, 0.1) is 0 Å². The molecule has 0 aliphatic carbocycles. The molecule has 2 aromatic carbocycles. The minimum atomic E-state index is -4.03. The molecule has 1 saturated heterocycles. The van der Waals surface area contributed by atoms with E-state index in [2.05, 4.69) is 0 Å². The van der Waals surface area contributed by atoms with E-state index in [1.54, 1.807) is 28.0 Å². The minimum absolute atomic E-state index is 0.0143. The lowest BCUT2D eigenvalue weighted by Gasteiger charge is -2.34. The van der Waals surface area contributed by atoms with Gasteiger partial charge in [-0.15, -0.1) is 0 Å². The first-order valence-electron chi connectivity index (χ1n) is 8.82. The van der Waals surface area contributed by atoms with Crippen LogP contribution in [0.5, 0.6) is 0 Å². The lowest BCUT2D eigenvalue weighted by Crippen LogP contribution is -2.51. The van der Waals surface area contributed by atoms with Crippen LogP contribution in [0.4, 0.5) is 5.69 Å². The molecular formula is C19H19Cl2N3O4S. The Kier molecular flexibility index (Phi) is 6.66. The lowest BCUT2D eigenvalue weighted by atomic mass is 10.3. The van der Waals surface area contributed by atoms with Crippen LogP contribution in [0.3, 0.4) is 0 Å². The van der Waals surface area contributed by atoms with Gasteiger partial charge in [0.15, 0.2) is 0 Å². The van der Waals surface area contributed by atoms with Gasteiger partial charge in [-0.3, -0.25) is 13.9 Å². The highest BCUT2D eigenvalue weighted by atomic mass is 35.5. The first kappa shape index (κ1) is 21.4. The van der Waals surface area contributed by atoms with Gasteiger partial charge in [0.2, 0.25) is 12.3 Å². The molecule has 0 spiro atoms. The predicted octanol–water partition coefficient (Wildman–Crippen LogP) is 2.49. The second kappa shape index (κ2) is 9.02. The Morgan fingerprint density at radius 1 is 1.00 bits per heavy atom. The molecule has 2 aromatic rings. The quantitative estimate of drug-likeness (QED) is 0.626. The van der Waals surface area contributed by atoms with Crippen molar-refractivity contribution in [1.82, 2.24) is 9.80 Å². The number of anilines is 1. The smallest absolute Gasteiger partial charge is 0.264 e. The van der Waals surface area contributed by atoms with E-state index >= 15 is 0 Å². The highest BCUT2D eigenvalue weighted by molar-refractivity contribution is 7.92. The van der Waals surface area contributed by atoms with Crippen LogP contribution in [-0.2, 0) is 19.6 Å². The maximum atomic E-state index is 13.3. The van der Waals surface area contributed by atoms with Crippen LogP contribution in [0.2, 0.25) is 10.0 Å². The number of halogens is 2. The highest BCUT2D eigenvalue weighted by Gasteiger charge is 2.30. The van der Waals surface area contributed by atoms with Crippen LogP contribution in [0.25, 0.3) is 0 Å². The van der Waals surface area contributed by atoms with Crippen molar-refractivity contribution in [2.45, 2.75) is 4.90 Å². The minimum Gasteiger partial charge on any atom is -0.342 e.